The third-order valence-corrected chi connectivity index (χ3v) is 4.29. The highest BCUT2D eigenvalue weighted by Gasteiger charge is 2.15. The second-order valence-electron chi connectivity index (χ2n) is 4.46. The molecule has 2 N–H and O–H groups in total. The summed E-state index contributed by atoms with van der Waals surface area (Å²) in [5.74, 6) is 1.17. The maximum absolute atomic E-state index is 6.13. The first-order valence-electron chi connectivity index (χ1n) is 6.47. The van der Waals surface area contributed by atoms with Crippen LogP contribution < -0.4 is 10.5 Å². The summed E-state index contributed by atoms with van der Waals surface area (Å²) in [6.45, 7) is 2.54. The minimum atomic E-state index is 0.427. The van der Waals surface area contributed by atoms with E-state index in [2.05, 4.69) is 36.8 Å². The van der Waals surface area contributed by atoms with E-state index in [1.807, 2.05) is 47.9 Å². The summed E-state index contributed by atoms with van der Waals surface area (Å²) in [4.78, 5) is 4.46. The number of anilines is 1. The van der Waals surface area contributed by atoms with E-state index in [1.165, 1.54) is 0 Å². The Balaban J connectivity index is 2.30. The van der Waals surface area contributed by atoms with Gasteiger partial charge in [-0.2, -0.15) is 0 Å². The number of imidazole rings is 1. The lowest BCUT2D eigenvalue weighted by Crippen LogP contribution is -2.01. The Morgan fingerprint density at radius 2 is 2.05 bits per heavy atom. The van der Waals surface area contributed by atoms with Gasteiger partial charge in [-0.1, -0.05) is 22.0 Å². The number of aromatic nitrogens is 2. The van der Waals surface area contributed by atoms with Gasteiger partial charge >= 0.3 is 0 Å². The van der Waals surface area contributed by atoms with Crippen LogP contribution in [0.4, 0.5) is 5.95 Å². The third-order valence-electron chi connectivity index (χ3n) is 3.12. The Morgan fingerprint density at radius 3 is 2.81 bits per heavy atom. The van der Waals surface area contributed by atoms with Gasteiger partial charge in [-0.05, 0) is 53.2 Å². The largest absolute Gasteiger partial charge is 0.492 e. The molecule has 0 radical (unpaired) electrons. The Labute approximate surface area is 139 Å². The van der Waals surface area contributed by atoms with Crippen molar-refractivity contribution in [2.24, 2.45) is 0 Å². The van der Waals surface area contributed by atoms with Gasteiger partial charge in [0.2, 0.25) is 5.95 Å². The standard InChI is InChI=1S/C15H13Br2N3O/c1-2-21-13-5-3-4-11-14(13)19-15(18)20(11)12-8-9(16)6-7-10(12)17/h3-8H,2H2,1H3,(H2,18,19). The van der Waals surface area contributed by atoms with E-state index in [-0.39, 0.29) is 0 Å². The van der Waals surface area contributed by atoms with Crippen LogP contribution in [0.3, 0.4) is 0 Å². The lowest BCUT2D eigenvalue weighted by atomic mass is 10.2. The van der Waals surface area contributed by atoms with Crippen LogP contribution >= 0.6 is 31.9 Å². The van der Waals surface area contributed by atoms with Crippen molar-refractivity contribution in [1.29, 1.82) is 0 Å². The normalized spacial score (nSPS) is 11.0. The van der Waals surface area contributed by atoms with Gasteiger partial charge < -0.3 is 10.5 Å². The highest BCUT2D eigenvalue weighted by atomic mass is 79.9. The molecule has 0 bridgehead atoms. The fraction of sp³-hybridized carbons (Fsp3) is 0.133. The highest BCUT2D eigenvalue weighted by Crippen LogP contribution is 2.33. The molecule has 2 aromatic carbocycles. The number of hydrogen-bond donors (Lipinski definition) is 1. The van der Waals surface area contributed by atoms with Crippen LogP contribution in [0.5, 0.6) is 5.75 Å². The Morgan fingerprint density at radius 1 is 1.24 bits per heavy atom. The first kappa shape index (κ1) is 14.4. The lowest BCUT2D eigenvalue weighted by molar-refractivity contribution is 0.344. The topological polar surface area (TPSA) is 53.1 Å². The predicted octanol–water partition coefficient (Wildman–Crippen LogP) is 4.53. The fourth-order valence-electron chi connectivity index (χ4n) is 2.27. The first-order chi connectivity index (χ1) is 10.1. The molecule has 0 aliphatic carbocycles. The summed E-state index contributed by atoms with van der Waals surface area (Å²) in [7, 11) is 0. The zero-order valence-electron chi connectivity index (χ0n) is 11.3. The Hall–Kier alpha value is -1.53. The van der Waals surface area contributed by atoms with Crippen molar-refractivity contribution >= 4 is 48.8 Å². The number of nitrogens with zero attached hydrogens (tertiary/aromatic N) is 2. The van der Waals surface area contributed by atoms with Gasteiger partial charge in [0, 0.05) is 8.95 Å². The molecule has 3 aromatic rings. The molecule has 21 heavy (non-hydrogen) atoms. The maximum Gasteiger partial charge on any atom is 0.206 e. The molecular formula is C15H13Br2N3O. The number of halogens is 2. The van der Waals surface area contributed by atoms with E-state index in [4.69, 9.17) is 10.5 Å². The SMILES string of the molecule is CCOc1cccc2c1nc(N)n2-c1cc(Br)ccc1Br. The number of rotatable bonds is 3. The molecule has 3 rings (SSSR count). The zero-order chi connectivity index (χ0) is 15.0. The molecule has 0 spiro atoms. The van der Waals surface area contributed by atoms with Crippen molar-refractivity contribution in [3.8, 4) is 11.4 Å². The Bertz CT molecular complexity index is 814. The number of nitrogen functional groups attached to an aromatic ring is 1. The van der Waals surface area contributed by atoms with Crippen LogP contribution in [0, 0.1) is 0 Å². The molecule has 1 heterocycles. The fourth-order valence-corrected chi connectivity index (χ4v) is 3.05. The average Bonchev–Trinajstić information content (AvgIpc) is 2.79. The van der Waals surface area contributed by atoms with E-state index in [0.717, 1.165) is 31.4 Å². The van der Waals surface area contributed by atoms with Crippen LogP contribution in [-0.2, 0) is 0 Å². The molecule has 0 fully saturated rings. The molecule has 0 aliphatic heterocycles. The van der Waals surface area contributed by atoms with E-state index in [0.29, 0.717) is 12.6 Å². The second-order valence-corrected chi connectivity index (χ2v) is 6.23. The van der Waals surface area contributed by atoms with Crippen LogP contribution in [-0.4, -0.2) is 16.2 Å². The number of fused-ring (bicyclic) bond motifs is 1. The quantitative estimate of drug-likeness (QED) is 0.689. The van der Waals surface area contributed by atoms with Gasteiger partial charge in [-0.3, -0.25) is 4.57 Å². The van der Waals surface area contributed by atoms with Crippen molar-refractivity contribution < 1.29 is 4.74 Å². The zero-order valence-corrected chi connectivity index (χ0v) is 14.5. The maximum atomic E-state index is 6.13. The number of benzene rings is 2. The van der Waals surface area contributed by atoms with Crippen LogP contribution in [0.25, 0.3) is 16.7 Å². The summed E-state index contributed by atoms with van der Waals surface area (Å²) < 4.78 is 9.45. The number of para-hydroxylation sites is 1. The van der Waals surface area contributed by atoms with Gasteiger partial charge in [0.1, 0.15) is 11.3 Å². The van der Waals surface area contributed by atoms with Crippen LogP contribution in [0.15, 0.2) is 45.3 Å². The number of ether oxygens (including phenoxy) is 1. The van der Waals surface area contributed by atoms with E-state index in [9.17, 15) is 0 Å². The molecule has 0 saturated carbocycles. The number of nitrogens with two attached hydrogens (primary N) is 1. The van der Waals surface area contributed by atoms with Crippen LogP contribution in [0.1, 0.15) is 6.92 Å². The molecule has 0 aliphatic rings. The summed E-state index contributed by atoms with van der Waals surface area (Å²) in [5, 5.41) is 0. The first-order valence-corrected chi connectivity index (χ1v) is 8.05. The van der Waals surface area contributed by atoms with E-state index >= 15 is 0 Å². The minimum absolute atomic E-state index is 0.427. The van der Waals surface area contributed by atoms with Gasteiger partial charge in [0.15, 0.2) is 0 Å². The van der Waals surface area contributed by atoms with Crippen molar-refractivity contribution in [2.45, 2.75) is 6.92 Å². The molecule has 108 valence electrons. The van der Waals surface area contributed by atoms with E-state index < -0.39 is 0 Å². The van der Waals surface area contributed by atoms with Crippen molar-refractivity contribution in [3.05, 3.63) is 45.3 Å². The molecular weight excluding hydrogens is 398 g/mol. The lowest BCUT2D eigenvalue weighted by Gasteiger charge is -2.10. The minimum Gasteiger partial charge on any atom is -0.492 e. The summed E-state index contributed by atoms with van der Waals surface area (Å²) in [5.41, 5.74) is 8.74. The summed E-state index contributed by atoms with van der Waals surface area (Å²) in [6.07, 6.45) is 0. The Kier molecular flexibility index (Phi) is 3.91. The smallest absolute Gasteiger partial charge is 0.206 e. The van der Waals surface area contributed by atoms with Crippen molar-refractivity contribution in [2.75, 3.05) is 12.3 Å². The van der Waals surface area contributed by atoms with Gasteiger partial charge in [0.05, 0.1) is 17.8 Å². The van der Waals surface area contributed by atoms with Crippen LogP contribution in [0.2, 0.25) is 0 Å². The van der Waals surface area contributed by atoms with Gasteiger partial charge in [-0.25, -0.2) is 4.98 Å². The number of hydrogen-bond acceptors (Lipinski definition) is 3. The third kappa shape index (κ3) is 2.53. The highest BCUT2D eigenvalue weighted by molar-refractivity contribution is 9.11. The predicted molar refractivity (Wildman–Crippen MR) is 92.1 cm³/mol. The molecule has 0 saturated heterocycles. The summed E-state index contributed by atoms with van der Waals surface area (Å²) in [6, 6.07) is 11.8. The molecule has 0 amide bonds. The molecule has 0 unspecified atom stereocenters. The molecule has 6 heteroatoms. The second kappa shape index (κ2) is 5.69. The average molecular weight is 411 g/mol. The monoisotopic (exact) mass is 409 g/mol. The van der Waals surface area contributed by atoms with Gasteiger partial charge in [0.25, 0.3) is 0 Å². The van der Waals surface area contributed by atoms with E-state index in [1.54, 1.807) is 0 Å². The van der Waals surface area contributed by atoms with Crippen molar-refractivity contribution in [1.82, 2.24) is 9.55 Å². The van der Waals surface area contributed by atoms with Gasteiger partial charge in [-0.15, -0.1) is 0 Å². The van der Waals surface area contributed by atoms with Crippen molar-refractivity contribution in [3.63, 3.8) is 0 Å². The summed E-state index contributed by atoms with van der Waals surface area (Å²) >= 11 is 7.05. The molecule has 4 nitrogen and oxygen atoms in total. The molecule has 0 atom stereocenters. The molecule has 1 aromatic heterocycles.